The molecule has 0 saturated carbocycles. The van der Waals surface area contributed by atoms with Gasteiger partial charge in [0.05, 0.1) is 5.52 Å². The first-order valence-corrected chi connectivity index (χ1v) is 6.87. The smallest absolute Gasteiger partial charge is 0.222 e. The second kappa shape index (κ2) is 6.32. The van der Waals surface area contributed by atoms with E-state index in [0.29, 0.717) is 12.8 Å². The zero-order valence-electron chi connectivity index (χ0n) is 11.6. The molecule has 100 valence electrons. The number of nitrogens with zero attached hydrogens (tertiary/aromatic N) is 2. The molecule has 1 aromatic heterocycles. The van der Waals surface area contributed by atoms with Crippen molar-refractivity contribution < 1.29 is 4.79 Å². The Bertz CT molecular complexity index is 561. The summed E-state index contributed by atoms with van der Waals surface area (Å²) >= 11 is 0. The minimum Gasteiger partial charge on any atom is -0.343 e. The minimum absolute atomic E-state index is 0.208. The summed E-state index contributed by atoms with van der Waals surface area (Å²) in [5, 5.41) is 1.14. The Morgan fingerprint density at radius 1 is 1.11 bits per heavy atom. The molecule has 2 aromatic rings. The molecule has 0 radical (unpaired) electrons. The molecule has 19 heavy (non-hydrogen) atoms. The van der Waals surface area contributed by atoms with Gasteiger partial charge in [-0.25, -0.2) is 0 Å². The lowest BCUT2D eigenvalue weighted by Gasteiger charge is -2.18. The van der Waals surface area contributed by atoms with Crippen LogP contribution < -0.4 is 0 Å². The maximum Gasteiger partial charge on any atom is 0.222 e. The van der Waals surface area contributed by atoms with Crippen molar-refractivity contribution in [1.29, 1.82) is 0 Å². The van der Waals surface area contributed by atoms with Gasteiger partial charge >= 0.3 is 0 Å². The van der Waals surface area contributed by atoms with Gasteiger partial charge in [-0.2, -0.15) is 0 Å². The molecule has 3 nitrogen and oxygen atoms in total. The highest BCUT2D eigenvalue weighted by Gasteiger charge is 2.09. The predicted molar refractivity (Wildman–Crippen MR) is 78.0 cm³/mol. The summed E-state index contributed by atoms with van der Waals surface area (Å²) in [7, 11) is 0. The lowest BCUT2D eigenvalue weighted by Crippen LogP contribution is -2.30. The van der Waals surface area contributed by atoms with Crippen LogP contribution in [0.1, 0.15) is 26.0 Å². The van der Waals surface area contributed by atoms with Crippen molar-refractivity contribution in [3.8, 4) is 0 Å². The van der Waals surface area contributed by atoms with Crippen LogP contribution in [0.25, 0.3) is 10.9 Å². The zero-order valence-corrected chi connectivity index (χ0v) is 11.6. The molecule has 0 saturated heterocycles. The molecular weight excluding hydrogens is 236 g/mol. The van der Waals surface area contributed by atoms with Gasteiger partial charge in [-0.3, -0.25) is 9.78 Å². The molecule has 0 fully saturated rings. The standard InChI is InChI=1S/C16H20N2O/c1-3-18(4-2)16(19)12-11-14-10-9-13-7-5-6-8-15(13)17-14/h5-10H,3-4,11-12H2,1-2H3. The van der Waals surface area contributed by atoms with Gasteiger partial charge in [0.15, 0.2) is 0 Å². The van der Waals surface area contributed by atoms with Gasteiger partial charge in [0.2, 0.25) is 5.91 Å². The van der Waals surface area contributed by atoms with Gasteiger partial charge < -0.3 is 4.90 Å². The highest BCUT2D eigenvalue weighted by atomic mass is 16.2. The molecule has 0 aliphatic carbocycles. The average Bonchev–Trinajstić information content (AvgIpc) is 2.46. The highest BCUT2D eigenvalue weighted by molar-refractivity contribution is 5.79. The minimum atomic E-state index is 0.208. The van der Waals surface area contributed by atoms with E-state index >= 15 is 0 Å². The van der Waals surface area contributed by atoms with Gasteiger partial charge in [0, 0.05) is 30.6 Å². The lowest BCUT2D eigenvalue weighted by atomic mass is 10.1. The lowest BCUT2D eigenvalue weighted by molar-refractivity contribution is -0.130. The van der Waals surface area contributed by atoms with E-state index in [1.54, 1.807) is 0 Å². The molecule has 1 aromatic carbocycles. The van der Waals surface area contributed by atoms with Crippen LogP contribution >= 0.6 is 0 Å². The van der Waals surface area contributed by atoms with Crippen molar-refractivity contribution >= 4 is 16.8 Å². The second-order valence-electron chi connectivity index (χ2n) is 4.56. The van der Waals surface area contributed by atoms with Crippen LogP contribution in [0, 0.1) is 0 Å². The Balaban J connectivity index is 2.03. The van der Waals surface area contributed by atoms with Crippen LogP contribution in [0.2, 0.25) is 0 Å². The number of benzene rings is 1. The van der Waals surface area contributed by atoms with Crippen molar-refractivity contribution in [2.24, 2.45) is 0 Å². The van der Waals surface area contributed by atoms with E-state index in [4.69, 9.17) is 0 Å². The summed E-state index contributed by atoms with van der Waals surface area (Å²) < 4.78 is 0. The number of carbonyl (C=O) groups is 1. The Labute approximate surface area is 114 Å². The molecule has 1 amide bonds. The second-order valence-corrected chi connectivity index (χ2v) is 4.56. The number of rotatable bonds is 5. The summed E-state index contributed by atoms with van der Waals surface area (Å²) in [6.45, 7) is 5.58. The number of hydrogen-bond donors (Lipinski definition) is 0. The molecule has 3 heteroatoms. The summed E-state index contributed by atoms with van der Waals surface area (Å²) in [5.41, 5.74) is 1.98. The molecule has 0 unspecified atom stereocenters. The van der Waals surface area contributed by atoms with Crippen molar-refractivity contribution in [2.75, 3.05) is 13.1 Å². The summed E-state index contributed by atoms with van der Waals surface area (Å²) in [6, 6.07) is 12.1. The molecule has 0 N–H and O–H groups in total. The van der Waals surface area contributed by atoms with E-state index in [-0.39, 0.29) is 5.91 Å². The third kappa shape index (κ3) is 3.31. The van der Waals surface area contributed by atoms with Crippen molar-refractivity contribution in [3.05, 3.63) is 42.1 Å². The molecule has 0 aliphatic rings. The maximum absolute atomic E-state index is 11.9. The van der Waals surface area contributed by atoms with E-state index in [1.807, 2.05) is 49.1 Å². The fraction of sp³-hybridized carbons (Fsp3) is 0.375. The van der Waals surface area contributed by atoms with Crippen LogP contribution in [0.3, 0.4) is 0 Å². The van der Waals surface area contributed by atoms with Gasteiger partial charge in [-0.15, -0.1) is 0 Å². The first kappa shape index (κ1) is 13.5. The fourth-order valence-electron chi connectivity index (χ4n) is 2.22. The number of amides is 1. The fourth-order valence-corrected chi connectivity index (χ4v) is 2.22. The Kier molecular flexibility index (Phi) is 4.50. The molecule has 2 rings (SSSR count). The normalized spacial score (nSPS) is 10.6. The third-order valence-electron chi connectivity index (χ3n) is 3.37. The van der Waals surface area contributed by atoms with Crippen LogP contribution in [0.5, 0.6) is 0 Å². The van der Waals surface area contributed by atoms with Gasteiger partial charge in [-0.05, 0) is 32.4 Å². The number of pyridine rings is 1. The summed E-state index contributed by atoms with van der Waals surface area (Å²) in [4.78, 5) is 18.4. The van der Waals surface area contributed by atoms with Crippen LogP contribution in [0.15, 0.2) is 36.4 Å². The van der Waals surface area contributed by atoms with Crippen molar-refractivity contribution in [3.63, 3.8) is 0 Å². The SMILES string of the molecule is CCN(CC)C(=O)CCc1ccc2ccccc2n1. The number of para-hydroxylation sites is 1. The highest BCUT2D eigenvalue weighted by Crippen LogP contribution is 2.13. The Hall–Kier alpha value is -1.90. The number of carbonyl (C=O) groups excluding carboxylic acids is 1. The number of aromatic nitrogens is 1. The Morgan fingerprint density at radius 2 is 1.84 bits per heavy atom. The van der Waals surface area contributed by atoms with E-state index in [2.05, 4.69) is 11.1 Å². The summed E-state index contributed by atoms with van der Waals surface area (Å²) in [5.74, 6) is 0.208. The van der Waals surface area contributed by atoms with E-state index in [1.165, 1.54) is 0 Å². The van der Waals surface area contributed by atoms with Gasteiger partial charge in [-0.1, -0.05) is 24.3 Å². The maximum atomic E-state index is 11.9. The van der Waals surface area contributed by atoms with Crippen LogP contribution in [-0.4, -0.2) is 28.9 Å². The molecular formula is C16H20N2O. The number of hydrogen-bond acceptors (Lipinski definition) is 2. The predicted octanol–water partition coefficient (Wildman–Crippen LogP) is 3.04. The first-order chi connectivity index (χ1) is 9.24. The van der Waals surface area contributed by atoms with E-state index in [9.17, 15) is 4.79 Å². The average molecular weight is 256 g/mol. The topological polar surface area (TPSA) is 33.2 Å². The number of fused-ring (bicyclic) bond motifs is 1. The Morgan fingerprint density at radius 3 is 2.58 bits per heavy atom. The van der Waals surface area contributed by atoms with Crippen molar-refractivity contribution in [1.82, 2.24) is 9.88 Å². The largest absolute Gasteiger partial charge is 0.343 e. The molecule has 1 heterocycles. The number of aryl methyl sites for hydroxylation is 1. The van der Waals surface area contributed by atoms with Crippen LogP contribution in [0.4, 0.5) is 0 Å². The molecule has 0 bridgehead atoms. The van der Waals surface area contributed by atoms with Crippen LogP contribution in [-0.2, 0) is 11.2 Å². The quantitative estimate of drug-likeness (QED) is 0.823. The first-order valence-electron chi connectivity index (χ1n) is 6.87. The molecule has 0 aliphatic heterocycles. The van der Waals surface area contributed by atoms with E-state index in [0.717, 1.165) is 29.7 Å². The monoisotopic (exact) mass is 256 g/mol. The molecule has 0 spiro atoms. The molecule has 0 atom stereocenters. The summed E-state index contributed by atoms with van der Waals surface area (Å²) in [6.07, 6.45) is 1.24. The zero-order chi connectivity index (χ0) is 13.7. The van der Waals surface area contributed by atoms with Gasteiger partial charge in [0.1, 0.15) is 0 Å². The third-order valence-corrected chi connectivity index (χ3v) is 3.37. The van der Waals surface area contributed by atoms with E-state index < -0.39 is 0 Å². The van der Waals surface area contributed by atoms with Gasteiger partial charge in [0.25, 0.3) is 0 Å². The van der Waals surface area contributed by atoms with Crippen molar-refractivity contribution in [2.45, 2.75) is 26.7 Å².